The highest BCUT2D eigenvalue weighted by molar-refractivity contribution is 5.73. The van der Waals surface area contributed by atoms with Crippen molar-refractivity contribution in [3.05, 3.63) is 35.9 Å². The van der Waals surface area contributed by atoms with E-state index in [4.69, 9.17) is 5.11 Å². The van der Waals surface area contributed by atoms with Gasteiger partial charge in [-0.2, -0.15) is 0 Å². The molecule has 92 valence electrons. The van der Waals surface area contributed by atoms with Crippen LogP contribution >= 0.6 is 0 Å². The van der Waals surface area contributed by atoms with E-state index >= 15 is 0 Å². The Morgan fingerprint density at radius 1 is 1.41 bits per heavy atom. The van der Waals surface area contributed by atoms with Gasteiger partial charge < -0.3 is 15.7 Å². The number of carbonyl (C=O) groups is 1. The van der Waals surface area contributed by atoms with Crippen molar-refractivity contribution in [3.63, 3.8) is 0 Å². The predicted molar refractivity (Wildman–Crippen MR) is 66.0 cm³/mol. The van der Waals surface area contributed by atoms with Crippen LogP contribution in [0.2, 0.25) is 0 Å². The quantitative estimate of drug-likeness (QED) is 0.699. The minimum atomic E-state index is -0.752. The van der Waals surface area contributed by atoms with Gasteiger partial charge in [-0.1, -0.05) is 30.3 Å². The highest BCUT2D eigenvalue weighted by Crippen LogP contribution is 2.07. The summed E-state index contributed by atoms with van der Waals surface area (Å²) < 4.78 is 0. The van der Waals surface area contributed by atoms with Crippen LogP contribution in [0, 0.1) is 0 Å². The first-order valence-electron chi connectivity index (χ1n) is 5.99. The molecule has 0 bridgehead atoms. The molecule has 1 saturated heterocycles. The zero-order valence-electron chi connectivity index (χ0n) is 9.73. The third-order valence-corrected chi connectivity index (χ3v) is 3.12. The van der Waals surface area contributed by atoms with E-state index in [2.05, 4.69) is 22.8 Å². The summed E-state index contributed by atoms with van der Waals surface area (Å²) in [4.78, 5) is 10.8. The lowest BCUT2D eigenvalue weighted by Gasteiger charge is -2.11. The zero-order valence-corrected chi connectivity index (χ0v) is 9.73. The number of aliphatic carboxylic acids is 1. The second kappa shape index (κ2) is 5.80. The van der Waals surface area contributed by atoms with E-state index in [1.165, 1.54) is 5.56 Å². The van der Waals surface area contributed by atoms with E-state index in [-0.39, 0.29) is 12.1 Å². The van der Waals surface area contributed by atoms with Crippen LogP contribution in [0.5, 0.6) is 0 Å². The standard InChI is InChI=1S/C13H18N2O2/c16-13(17)12-8-11(9-15-12)14-7-6-10-4-2-1-3-5-10/h1-5,11-12,14-15H,6-9H2,(H,16,17)/t11-,12+/m1/s1. The molecule has 2 atom stereocenters. The molecule has 0 saturated carbocycles. The first-order chi connectivity index (χ1) is 8.25. The Labute approximate surface area is 101 Å². The minimum Gasteiger partial charge on any atom is -0.480 e. The van der Waals surface area contributed by atoms with Crippen molar-refractivity contribution in [1.29, 1.82) is 0 Å². The molecule has 1 aromatic carbocycles. The first kappa shape index (κ1) is 12.1. The van der Waals surface area contributed by atoms with Crippen LogP contribution in [0.4, 0.5) is 0 Å². The Balaban J connectivity index is 1.68. The van der Waals surface area contributed by atoms with Crippen LogP contribution in [0.3, 0.4) is 0 Å². The molecule has 0 unspecified atom stereocenters. The van der Waals surface area contributed by atoms with Crippen LogP contribution in [0.25, 0.3) is 0 Å². The third kappa shape index (κ3) is 3.54. The maximum atomic E-state index is 10.8. The smallest absolute Gasteiger partial charge is 0.320 e. The fraction of sp³-hybridized carbons (Fsp3) is 0.462. The van der Waals surface area contributed by atoms with Gasteiger partial charge in [-0.3, -0.25) is 4.79 Å². The topological polar surface area (TPSA) is 61.4 Å². The maximum absolute atomic E-state index is 10.8. The maximum Gasteiger partial charge on any atom is 0.320 e. The zero-order chi connectivity index (χ0) is 12.1. The van der Waals surface area contributed by atoms with Gasteiger partial charge in [-0.25, -0.2) is 0 Å². The highest BCUT2D eigenvalue weighted by Gasteiger charge is 2.28. The third-order valence-electron chi connectivity index (χ3n) is 3.12. The molecule has 1 heterocycles. The Kier molecular flexibility index (Phi) is 4.12. The highest BCUT2D eigenvalue weighted by atomic mass is 16.4. The molecule has 0 spiro atoms. The molecule has 2 rings (SSSR count). The second-order valence-corrected chi connectivity index (χ2v) is 4.42. The van der Waals surface area contributed by atoms with Crippen molar-refractivity contribution in [2.75, 3.05) is 13.1 Å². The van der Waals surface area contributed by atoms with E-state index in [1.54, 1.807) is 0 Å². The molecule has 17 heavy (non-hydrogen) atoms. The number of carboxylic acid groups (broad SMARTS) is 1. The monoisotopic (exact) mass is 234 g/mol. The van der Waals surface area contributed by atoms with Crippen LogP contribution in [-0.2, 0) is 11.2 Å². The van der Waals surface area contributed by atoms with E-state index in [0.29, 0.717) is 6.42 Å². The van der Waals surface area contributed by atoms with Crippen molar-refractivity contribution < 1.29 is 9.90 Å². The molecule has 0 radical (unpaired) electrons. The van der Waals surface area contributed by atoms with Crippen LogP contribution in [-0.4, -0.2) is 36.2 Å². The summed E-state index contributed by atoms with van der Waals surface area (Å²) in [6.07, 6.45) is 1.65. The lowest BCUT2D eigenvalue weighted by Crippen LogP contribution is -2.32. The number of hydrogen-bond donors (Lipinski definition) is 3. The van der Waals surface area contributed by atoms with Gasteiger partial charge in [0.25, 0.3) is 0 Å². The first-order valence-corrected chi connectivity index (χ1v) is 5.99. The molecule has 4 heteroatoms. The Bertz CT molecular complexity index is 367. The molecule has 1 aromatic rings. The van der Waals surface area contributed by atoms with Crippen molar-refractivity contribution >= 4 is 5.97 Å². The van der Waals surface area contributed by atoms with Gasteiger partial charge in [-0.15, -0.1) is 0 Å². The average molecular weight is 234 g/mol. The van der Waals surface area contributed by atoms with Crippen molar-refractivity contribution in [2.24, 2.45) is 0 Å². The second-order valence-electron chi connectivity index (χ2n) is 4.42. The molecule has 0 amide bonds. The lowest BCUT2D eigenvalue weighted by molar-refractivity contribution is -0.139. The van der Waals surface area contributed by atoms with E-state index in [9.17, 15) is 4.79 Å². The van der Waals surface area contributed by atoms with Gasteiger partial charge in [0.05, 0.1) is 0 Å². The van der Waals surface area contributed by atoms with Gasteiger partial charge in [0.1, 0.15) is 6.04 Å². The normalized spacial score (nSPS) is 23.8. The van der Waals surface area contributed by atoms with Gasteiger partial charge in [0.2, 0.25) is 0 Å². The van der Waals surface area contributed by atoms with Crippen molar-refractivity contribution in [1.82, 2.24) is 10.6 Å². The number of hydrogen-bond acceptors (Lipinski definition) is 3. The molecule has 0 aliphatic carbocycles. The fourth-order valence-electron chi connectivity index (χ4n) is 2.14. The Hall–Kier alpha value is -1.39. The predicted octanol–water partition coefficient (Wildman–Crippen LogP) is 0.634. The molecule has 0 aromatic heterocycles. The molecule has 1 aliphatic rings. The molecule has 3 N–H and O–H groups in total. The fourth-order valence-corrected chi connectivity index (χ4v) is 2.14. The van der Waals surface area contributed by atoms with Gasteiger partial charge in [-0.05, 0) is 24.9 Å². The van der Waals surface area contributed by atoms with E-state index in [0.717, 1.165) is 19.5 Å². The van der Waals surface area contributed by atoms with Crippen LogP contribution < -0.4 is 10.6 Å². The summed E-state index contributed by atoms with van der Waals surface area (Å²) in [5.74, 6) is -0.752. The van der Waals surface area contributed by atoms with Crippen LogP contribution in [0.1, 0.15) is 12.0 Å². The number of carboxylic acids is 1. The van der Waals surface area contributed by atoms with Crippen molar-refractivity contribution in [3.8, 4) is 0 Å². The van der Waals surface area contributed by atoms with Crippen molar-refractivity contribution in [2.45, 2.75) is 24.9 Å². The lowest BCUT2D eigenvalue weighted by atomic mass is 10.1. The molecule has 1 fully saturated rings. The van der Waals surface area contributed by atoms with E-state index < -0.39 is 5.97 Å². The molecular weight excluding hydrogens is 216 g/mol. The van der Waals surface area contributed by atoms with E-state index in [1.807, 2.05) is 18.2 Å². The summed E-state index contributed by atoms with van der Waals surface area (Å²) >= 11 is 0. The Morgan fingerprint density at radius 3 is 2.82 bits per heavy atom. The molecular formula is C13H18N2O2. The number of rotatable bonds is 5. The SMILES string of the molecule is O=C(O)[C@@H]1C[C@@H](NCCc2ccccc2)CN1. The minimum absolute atomic E-state index is 0.278. The summed E-state index contributed by atoms with van der Waals surface area (Å²) in [5.41, 5.74) is 1.31. The van der Waals surface area contributed by atoms with Gasteiger partial charge in [0, 0.05) is 12.6 Å². The number of nitrogens with one attached hydrogen (secondary N) is 2. The summed E-state index contributed by atoms with van der Waals surface area (Å²) in [7, 11) is 0. The average Bonchev–Trinajstić information content (AvgIpc) is 2.79. The summed E-state index contributed by atoms with van der Waals surface area (Å²) in [5, 5.41) is 15.2. The summed E-state index contributed by atoms with van der Waals surface area (Å²) in [6.45, 7) is 1.63. The van der Waals surface area contributed by atoms with Crippen LogP contribution in [0.15, 0.2) is 30.3 Å². The van der Waals surface area contributed by atoms with Gasteiger partial charge >= 0.3 is 5.97 Å². The largest absolute Gasteiger partial charge is 0.480 e. The Morgan fingerprint density at radius 2 is 2.18 bits per heavy atom. The van der Waals surface area contributed by atoms with Gasteiger partial charge in [0.15, 0.2) is 0 Å². The number of benzene rings is 1. The molecule has 4 nitrogen and oxygen atoms in total. The summed E-state index contributed by atoms with van der Waals surface area (Å²) in [6, 6.07) is 10.2. The molecule has 1 aliphatic heterocycles.